The maximum absolute atomic E-state index is 3.62. The second kappa shape index (κ2) is 8.32. The maximum atomic E-state index is 3.62. The van der Waals surface area contributed by atoms with Crippen molar-refractivity contribution in [2.45, 2.75) is 6.04 Å². The van der Waals surface area contributed by atoms with Gasteiger partial charge in [0.15, 0.2) is 0 Å². The lowest BCUT2D eigenvalue weighted by Crippen LogP contribution is -2.08. The Labute approximate surface area is 159 Å². The van der Waals surface area contributed by atoms with E-state index < -0.39 is 0 Å². The summed E-state index contributed by atoms with van der Waals surface area (Å²) in [4.78, 5) is 0. The largest absolute Gasteiger partial charge is 0.374 e. The SMILES string of the molecule is Brc1ccc(Br)c(NC(/C=C/c2ccccc2)c2ccccc2)c1. The van der Waals surface area contributed by atoms with Gasteiger partial charge in [-0.05, 0) is 45.3 Å². The predicted octanol–water partition coefficient (Wildman–Crippen LogP) is 7.08. The van der Waals surface area contributed by atoms with E-state index in [1.54, 1.807) is 0 Å². The normalized spacial score (nSPS) is 12.2. The van der Waals surface area contributed by atoms with E-state index in [-0.39, 0.29) is 6.04 Å². The van der Waals surface area contributed by atoms with Gasteiger partial charge in [-0.2, -0.15) is 0 Å². The Hall–Kier alpha value is -1.84. The summed E-state index contributed by atoms with van der Waals surface area (Å²) < 4.78 is 2.09. The van der Waals surface area contributed by atoms with Crippen LogP contribution < -0.4 is 5.32 Å². The van der Waals surface area contributed by atoms with Gasteiger partial charge in [-0.15, -0.1) is 0 Å². The molecule has 0 heterocycles. The summed E-state index contributed by atoms with van der Waals surface area (Å²) in [5.41, 5.74) is 3.46. The average Bonchev–Trinajstić information content (AvgIpc) is 2.63. The van der Waals surface area contributed by atoms with Crippen LogP contribution in [-0.2, 0) is 0 Å². The second-order valence-electron chi connectivity index (χ2n) is 5.43. The molecule has 3 aromatic rings. The third-order valence-corrected chi connectivity index (χ3v) is 4.86. The van der Waals surface area contributed by atoms with Crippen molar-refractivity contribution in [1.82, 2.24) is 0 Å². The van der Waals surface area contributed by atoms with Gasteiger partial charge in [-0.3, -0.25) is 0 Å². The minimum absolute atomic E-state index is 0.0806. The van der Waals surface area contributed by atoms with Crippen LogP contribution in [0, 0.1) is 0 Å². The van der Waals surface area contributed by atoms with Crippen LogP contribution in [0.1, 0.15) is 17.2 Å². The van der Waals surface area contributed by atoms with Crippen LogP contribution in [0.3, 0.4) is 0 Å². The minimum Gasteiger partial charge on any atom is -0.374 e. The summed E-state index contributed by atoms with van der Waals surface area (Å²) in [5, 5.41) is 3.61. The van der Waals surface area contributed by atoms with Crippen LogP contribution in [0.25, 0.3) is 6.08 Å². The first-order chi connectivity index (χ1) is 11.7. The minimum atomic E-state index is 0.0806. The predicted molar refractivity (Wildman–Crippen MR) is 110 cm³/mol. The number of halogens is 2. The molecule has 0 aliphatic heterocycles. The third kappa shape index (κ3) is 4.59. The Bertz CT molecular complexity index is 814. The number of nitrogens with one attached hydrogen (secondary N) is 1. The summed E-state index contributed by atoms with van der Waals surface area (Å²) in [6.45, 7) is 0. The molecule has 0 fully saturated rings. The Balaban J connectivity index is 1.91. The van der Waals surface area contributed by atoms with Gasteiger partial charge in [0.25, 0.3) is 0 Å². The molecule has 3 rings (SSSR count). The fourth-order valence-electron chi connectivity index (χ4n) is 2.45. The van der Waals surface area contributed by atoms with Gasteiger partial charge in [-0.25, -0.2) is 0 Å². The van der Waals surface area contributed by atoms with E-state index in [4.69, 9.17) is 0 Å². The molecule has 0 aromatic heterocycles. The van der Waals surface area contributed by atoms with Crippen LogP contribution in [-0.4, -0.2) is 0 Å². The van der Waals surface area contributed by atoms with E-state index in [0.717, 1.165) is 14.6 Å². The topological polar surface area (TPSA) is 12.0 Å². The number of hydrogen-bond acceptors (Lipinski definition) is 1. The number of anilines is 1. The van der Waals surface area contributed by atoms with Crippen LogP contribution in [0.15, 0.2) is 93.9 Å². The van der Waals surface area contributed by atoms with Gasteiger partial charge in [0.1, 0.15) is 0 Å². The zero-order valence-electron chi connectivity index (χ0n) is 13.0. The van der Waals surface area contributed by atoms with E-state index in [1.807, 2.05) is 24.3 Å². The van der Waals surface area contributed by atoms with Crippen molar-refractivity contribution in [3.63, 3.8) is 0 Å². The number of rotatable bonds is 5. The monoisotopic (exact) mass is 441 g/mol. The highest BCUT2D eigenvalue weighted by atomic mass is 79.9. The highest BCUT2D eigenvalue weighted by Gasteiger charge is 2.10. The van der Waals surface area contributed by atoms with Crippen molar-refractivity contribution in [1.29, 1.82) is 0 Å². The molecule has 0 aliphatic rings. The summed E-state index contributed by atoms with van der Waals surface area (Å²) in [7, 11) is 0. The first kappa shape index (κ1) is 17.0. The van der Waals surface area contributed by atoms with Gasteiger partial charge in [0.2, 0.25) is 0 Å². The van der Waals surface area contributed by atoms with Crippen molar-refractivity contribution < 1.29 is 0 Å². The molecule has 1 nitrogen and oxygen atoms in total. The van der Waals surface area contributed by atoms with Gasteiger partial charge in [0, 0.05) is 8.95 Å². The third-order valence-electron chi connectivity index (χ3n) is 3.68. The van der Waals surface area contributed by atoms with E-state index in [9.17, 15) is 0 Å². The van der Waals surface area contributed by atoms with Crippen molar-refractivity contribution >= 4 is 43.6 Å². The van der Waals surface area contributed by atoms with Crippen LogP contribution >= 0.6 is 31.9 Å². The quantitative estimate of drug-likeness (QED) is 0.445. The first-order valence-corrected chi connectivity index (χ1v) is 9.31. The molecular weight excluding hydrogens is 426 g/mol. The lowest BCUT2D eigenvalue weighted by Gasteiger charge is -2.18. The zero-order chi connectivity index (χ0) is 16.8. The van der Waals surface area contributed by atoms with Gasteiger partial charge in [-0.1, -0.05) is 88.7 Å². The van der Waals surface area contributed by atoms with Crippen molar-refractivity contribution in [3.8, 4) is 0 Å². The molecule has 3 aromatic carbocycles. The van der Waals surface area contributed by atoms with Gasteiger partial charge >= 0.3 is 0 Å². The Kier molecular flexibility index (Phi) is 5.89. The summed E-state index contributed by atoms with van der Waals surface area (Å²) in [5.74, 6) is 0. The molecule has 3 heteroatoms. The van der Waals surface area contributed by atoms with E-state index in [1.165, 1.54) is 11.1 Å². The van der Waals surface area contributed by atoms with Crippen molar-refractivity contribution in [3.05, 3.63) is 105 Å². The molecule has 0 bridgehead atoms. The Morgan fingerprint density at radius 3 is 2.17 bits per heavy atom. The lowest BCUT2D eigenvalue weighted by molar-refractivity contribution is 0.987. The highest BCUT2D eigenvalue weighted by molar-refractivity contribution is 9.11. The molecule has 0 radical (unpaired) electrons. The number of benzene rings is 3. The van der Waals surface area contributed by atoms with Crippen LogP contribution in [0.4, 0.5) is 5.69 Å². The molecule has 0 saturated heterocycles. The molecule has 0 amide bonds. The van der Waals surface area contributed by atoms with Crippen molar-refractivity contribution in [2.24, 2.45) is 0 Å². The maximum Gasteiger partial charge on any atom is 0.0701 e. The molecular formula is C21H17Br2N. The average molecular weight is 443 g/mol. The molecule has 1 unspecified atom stereocenters. The molecule has 0 spiro atoms. The molecule has 1 atom stereocenters. The van der Waals surface area contributed by atoms with Crippen LogP contribution in [0.2, 0.25) is 0 Å². The van der Waals surface area contributed by atoms with Crippen LogP contribution in [0.5, 0.6) is 0 Å². The summed E-state index contributed by atoms with van der Waals surface area (Å²) >= 11 is 7.16. The summed E-state index contributed by atoms with van der Waals surface area (Å²) in [6, 6.07) is 27.0. The van der Waals surface area contributed by atoms with E-state index >= 15 is 0 Å². The smallest absolute Gasteiger partial charge is 0.0701 e. The lowest BCUT2D eigenvalue weighted by atomic mass is 10.0. The van der Waals surface area contributed by atoms with Gasteiger partial charge in [0.05, 0.1) is 11.7 Å². The molecule has 0 aliphatic carbocycles. The fraction of sp³-hybridized carbons (Fsp3) is 0.0476. The molecule has 1 N–H and O–H groups in total. The highest BCUT2D eigenvalue weighted by Crippen LogP contribution is 2.30. The first-order valence-electron chi connectivity index (χ1n) is 7.72. The number of hydrogen-bond donors (Lipinski definition) is 1. The van der Waals surface area contributed by atoms with Crippen molar-refractivity contribution in [2.75, 3.05) is 5.32 Å². The second-order valence-corrected chi connectivity index (χ2v) is 7.20. The zero-order valence-corrected chi connectivity index (χ0v) is 16.2. The molecule has 120 valence electrons. The molecule has 0 saturated carbocycles. The van der Waals surface area contributed by atoms with Gasteiger partial charge < -0.3 is 5.32 Å². The Morgan fingerprint density at radius 2 is 1.46 bits per heavy atom. The fourth-order valence-corrected chi connectivity index (χ4v) is 3.17. The summed E-state index contributed by atoms with van der Waals surface area (Å²) in [6.07, 6.45) is 4.34. The standard InChI is InChI=1S/C21H17Br2N/c22-18-12-13-19(23)21(15-18)24-20(17-9-5-2-6-10-17)14-11-16-7-3-1-4-8-16/h1-15,20,24H/b14-11+. The van der Waals surface area contributed by atoms with E-state index in [0.29, 0.717) is 0 Å². The molecule has 24 heavy (non-hydrogen) atoms. The Morgan fingerprint density at radius 1 is 0.792 bits per heavy atom. The van der Waals surface area contributed by atoms with E-state index in [2.05, 4.69) is 104 Å².